The van der Waals surface area contributed by atoms with Crippen molar-refractivity contribution >= 4 is 31.5 Å². The minimum absolute atomic E-state index is 0.0293. The van der Waals surface area contributed by atoms with Crippen LogP contribution >= 0.6 is 0 Å². The zero-order valence-corrected chi connectivity index (χ0v) is 18.6. The van der Waals surface area contributed by atoms with Gasteiger partial charge < -0.3 is 5.32 Å². The number of anilines is 1. The SMILES string of the molecule is CC[C@H](C)c1ccc(NC(=O)c2cccc(S(=O)(=O)N[C@H]3CCS(=O)(=O)C3)c2)cc1. The molecule has 0 aromatic heterocycles. The first-order valence-electron chi connectivity index (χ1n) is 9.84. The number of rotatable bonds is 7. The van der Waals surface area contributed by atoms with Gasteiger partial charge in [0.15, 0.2) is 9.84 Å². The molecular weight excluding hydrogens is 424 g/mol. The Morgan fingerprint density at radius 3 is 2.47 bits per heavy atom. The molecule has 0 unspecified atom stereocenters. The molecule has 2 aromatic rings. The molecule has 1 amide bonds. The molecule has 0 radical (unpaired) electrons. The summed E-state index contributed by atoms with van der Waals surface area (Å²) < 4.78 is 50.8. The van der Waals surface area contributed by atoms with Gasteiger partial charge in [0.05, 0.1) is 16.4 Å². The van der Waals surface area contributed by atoms with Gasteiger partial charge in [0.25, 0.3) is 5.91 Å². The maximum absolute atomic E-state index is 12.6. The normalized spacial score (nSPS) is 19.3. The standard InChI is InChI=1S/C21H26N2O5S2/c1-3-15(2)16-7-9-18(10-8-16)22-21(24)17-5-4-6-20(13-17)30(27,28)23-19-11-12-29(25,26)14-19/h4-10,13,15,19,23H,3,11-12,14H2,1-2H3,(H,22,24)/t15-,19-/m0/s1. The molecule has 0 spiro atoms. The Hall–Kier alpha value is -2.23. The highest BCUT2D eigenvalue weighted by Crippen LogP contribution is 2.21. The first-order valence-corrected chi connectivity index (χ1v) is 13.1. The molecule has 1 fully saturated rings. The number of nitrogens with one attached hydrogen (secondary N) is 2. The maximum Gasteiger partial charge on any atom is 0.255 e. The summed E-state index contributed by atoms with van der Waals surface area (Å²) in [5.74, 6) is -0.233. The van der Waals surface area contributed by atoms with Crippen molar-refractivity contribution in [3.63, 3.8) is 0 Å². The summed E-state index contributed by atoms with van der Waals surface area (Å²) in [5, 5.41) is 2.77. The van der Waals surface area contributed by atoms with Crippen LogP contribution in [0.25, 0.3) is 0 Å². The summed E-state index contributed by atoms with van der Waals surface area (Å²) in [5.41, 5.74) is 2.00. The molecule has 0 bridgehead atoms. The Morgan fingerprint density at radius 1 is 1.17 bits per heavy atom. The van der Waals surface area contributed by atoms with E-state index >= 15 is 0 Å². The van der Waals surface area contributed by atoms with E-state index < -0.39 is 31.8 Å². The molecule has 30 heavy (non-hydrogen) atoms. The molecular formula is C21H26N2O5S2. The number of carbonyl (C=O) groups is 1. The van der Waals surface area contributed by atoms with E-state index in [0.717, 1.165) is 6.42 Å². The predicted octanol–water partition coefficient (Wildman–Crippen LogP) is 2.92. The van der Waals surface area contributed by atoms with Gasteiger partial charge in [-0.2, -0.15) is 0 Å². The van der Waals surface area contributed by atoms with Crippen molar-refractivity contribution < 1.29 is 21.6 Å². The quantitative estimate of drug-likeness (QED) is 0.674. The molecule has 1 saturated heterocycles. The van der Waals surface area contributed by atoms with Crippen LogP contribution in [0.3, 0.4) is 0 Å². The number of benzene rings is 2. The molecule has 2 atom stereocenters. The topological polar surface area (TPSA) is 109 Å². The predicted molar refractivity (Wildman–Crippen MR) is 117 cm³/mol. The van der Waals surface area contributed by atoms with E-state index in [1.165, 1.54) is 29.8 Å². The van der Waals surface area contributed by atoms with E-state index in [4.69, 9.17) is 0 Å². The summed E-state index contributed by atoms with van der Waals surface area (Å²) in [6.07, 6.45) is 1.27. The fourth-order valence-corrected chi connectivity index (χ4v) is 6.41. The summed E-state index contributed by atoms with van der Waals surface area (Å²) >= 11 is 0. The number of sulfone groups is 1. The molecule has 2 aromatic carbocycles. The number of hydrogen-bond donors (Lipinski definition) is 2. The molecule has 0 aliphatic carbocycles. The lowest BCUT2D eigenvalue weighted by Crippen LogP contribution is -2.35. The number of hydrogen-bond acceptors (Lipinski definition) is 5. The van der Waals surface area contributed by atoms with Crippen LogP contribution in [-0.2, 0) is 19.9 Å². The third-order valence-corrected chi connectivity index (χ3v) is 8.60. The van der Waals surface area contributed by atoms with Gasteiger partial charge in [0.2, 0.25) is 10.0 Å². The summed E-state index contributed by atoms with van der Waals surface area (Å²) in [4.78, 5) is 12.5. The Kier molecular flexibility index (Phi) is 6.64. The van der Waals surface area contributed by atoms with E-state index in [1.54, 1.807) is 0 Å². The van der Waals surface area contributed by atoms with Gasteiger partial charge in [-0.05, 0) is 54.7 Å². The lowest BCUT2D eigenvalue weighted by Gasteiger charge is -2.13. The van der Waals surface area contributed by atoms with Crippen LogP contribution in [0.1, 0.15) is 48.5 Å². The molecule has 7 nitrogen and oxygen atoms in total. The van der Waals surface area contributed by atoms with E-state index in [0.29, 0.717) is 11.6 Å². The van der Waals surface area contributed by atoms with Crippen LogP contribution in [-0.4, -0.2) is 40.3 Å². The first-order chi connectivity index (χ1) is 14.1. The van der Waals surface area contributed by atoms with Crippen molar-refractivity contribution in [2.45, 2.75) is 43.5 Å². The van der Waals surface area contributed by atoms with Crippen molar-refractivity contribution in [3.8, 4) is 0 Å². The Morgan fingerprint density at radius 2 is 1.87 bits per heavy atom. The highest BCUT2D eigenvalue weighted by atomic mass is 32.2. The lowest BCUT2D eigenvalue weighted by atomic mass is 9.98. The van der Waals surface area contributed by atoms with Gasteiger partial charge in [0, 0.05) is 17.3 Å². The minimum Gasteiger partial charge on any atom is -0.322 e. The van der Waals surface area contributed by atoms with Crippen LogP contribution in [0.2, 0.25) is 0 Å². The zero-order chi connectivity index (χ0) is 21.9. The van der Waals surface area contributed by atoms with Crippen molar-refractivity contribution in [2.24, 2.45) is 0 Å². The molecule has 1 aliphatic rings. The Balaban J connectivity index is 1.72. The van der Waals surface area contributed by atoms with Crippen LogP contribution in [0.4, 0.5) is 5.69 Å². The molecule has 0 saturated carbocycles. The lowest BCUT2D eigenvalue weighted by molar-refractivity contribution is 0.102. The van der Waals surface area contributed by atoms with Crippen molar-refractivity contribution in [1.29, 1.82) is 0 Å². The van der Waals surface area contributed by atoms with Crippen molar-refractivity contribution in [2.75, 3.05) is 16.8 Å². The highest BCUT2D eigenvalue weighted by molar-refractivity contribution is 7.92. The van der Waals surface area contributed by atoms with E-state index in [9.17, 15) is 21.6 Å². The van der Waals surface area contributed by atoms with Gasteiger partial charge >= 0.3 is 0 Å². The Bertz CT molecular complexity index is 1130. The third-order valence-electron chi connectivity index (χ3n) is 5.31. The number of carbonyl (C=O) groups excluding carboxylic acids is 1. The second-order valence-electron chi connectivity index (χ2n) is 7.63. The average Bonchev–Trinajstić information content (AvgIpc) is 3.05. The van der Waals surface area contributed by atoms with E-state index in [-0.39, 0.29) is 28.4 Å². The molecule has 9 heteroatoms. The largest absolute Gasteiger partial charge is 0.322 e. The van der Waals surface area contributed by atoms with Crippen LogP contribution < -0.4 is 10.0 Å². The third kappa shape index (κ3) is 5.47. The Labute approximate surface area is 177 Å². The molecule has 162 valence electrons. The number of sulfonamides is 1. The zero-order valence-electron chi connectivity index (χ0n) is 17.0. The minimum atomic E-state index is -3.94. The maximum atomic E-state index is 12.6. The van der Waals surface area contributed by atoms with Gasteiger partial charge in [-0.15, -0.1) is 0 Å². The van der Waals surface area contributed by atoms with Gasteiger partial charge in [-0.1, -0.05) is 32.0 Å². The van der Waals surface area contributed by atoms with Gasteiger partial charge in [-0.25, -0.2) is 21.6 Å². The summed E-state index contributed by atoms with van der Waals surface area (Å²) in [6.45, 7) is 4.25. The van der Waals surface area contributed by atoms with Crippen molar-refractivity contribution in [1.82, 2.24) is 4.72 Å². The monoisotopic (exact) mass is 450 g/mol. The van der Waals surface area contributed by atoms with Gasteiger partial charge in [-0.3, -0.25) is 4.79 Å². The summed E-state index contributed by atoms with van der Waals surface area (Å²) in [7, 11) is -7.14. The first kappa shape index (κ1) is 22.5. The fraction of sp³-hybridized carbons (Fsp3) is 0.381. The molecule has 1 heterocycles. The summed E-state index contributed by atoms with van der Waals surface area (Å²) in [6, 6.07) is 12.6. The van der Waals surface area contributed by atoms with Crippen LogP contribution in [0, 0.1) is 0 Å². The average molecular weight is 451 g/mol. The second-order valence-corrected chi connectivity index (χ2v) is 11.6. The smallest absolute Gasteiger partial charge is 0.255 e. The number of amides is 1. The van der Waals surface area contributed by atoms with Crippen LogP contribution in [0.15, 0.2) is 53.4 Å². The molecule has 2 N–H and O–H groups in total. The highest BCUT2D eigenvalue weighted by Gasteiger charge is 2.31. The van der Waals surface area contributed by atoms with E-state index in [1.807, 2.05) is 24.3 Å². The molecule has 1 aliphatic heterocycles. The molecule has 3 rings (SSSR count). The van der Waals surface area contributed by atoms with E-state index in [2.05, 4.69) is 23.9 Å². The van der Waals surface area contributed by atoms with Gasteiger partial charge in [0.1, 0.15) is 0 Å². The second kappa shape index (κ2) is 8.87. The fourth-order valence-electron chi connectivity index (χ4n) is 3.31. The van der Waals surface area contributed by atoms with Crippen LogP contribution in [0.5, 0.6) is 0 Å². The van der Waals surface area contributed by atoms with Crippen molar-refractivity contribution in [3.05, 3.63) is 59.7 Å².